The number of nitrogens with zero attached hydrogens (tertiary/aromatic N) is 2. The standard InChI is InChI=1S/C15H14FN3S/c1-7-6-10(16)4-5-11(7)14-18-13(17)12-8(2)9(3)20-15(12)19-14/h4-6H,1-3H3,(H2,17,18,19). The number of hydrogen-bond acceptors (Lipinski definition) is 4. The number of rotatable bonds is 1. The predicted molar refractivity (Wildman–Crippen MR) is 81.4 cm³/mol. The zero-order valence-electron chi connectivity index (χ0n) is 11.5. The van der Waals surface area contributed by atoms with E-state index in [-0.39, 0.29) is 5.82 Å². The Morgan fingerprint density at radius 2 is 1.90 bits per heavy atom. The molecular formula is C15H14FN3S. The van der Waals surface area contributed by atoms with Gasteiger partial charge in [0.25, 0.3) is 0 Å². The summed E-state index contributed by atoms with van der Waals surface area (Å²) in [6.07, 6.45) is 0. The third-order valence-electron chi connectivity index (χ3n) is 3.49. The maximum absolute atomic E-state index is 13.2. The van der Waals surface area contributed by atoms with Crippen LogP contribution in [0.1, 0.15) is 16.0 Å². The molecule has 5 heteroatoms. The number of thiophene rings is 1. The average Bonchev–Trinajstić information content (AvgIpc) is 2.65. The van der Waals surface area contributed by atoms with Crippen molar-refractivity contribution >= 4 is 27.4 Å². The molecule has 0 aliphatic rings. The summed E-state index contributed by atoms with van der Waals surface area (Å²) in [7, 11) is 0. The van der Waals surface area contributed by atoms with Crippen molar-refractivity contribution < 1.29 is 4.39 Å². The van der Waals surface area contributed by atoms with E-state index < -0.39 is 0 Å². The molecule has 0 unspecified atom stereocenters. The molecule has 0 spiro atoms. The number of hydrogen-bond donors (Lipinski definition) is 1. The monoisotopic (exact) mass is 287 g/mol. The summed E-state index contributed by atoms with van der Waals surface area (Å²) >= 11 is 1.61. The molecule has 0 saturated carbocycles. The Balaban J connectivity index is 2.27. The molecule has 3 rings (SSSR count). The molecule has 0 aliphatic heterocycles. The fraction of sp³-hybridized carbons (Fsp3) is 0.200. The number of nitrogens with two attached hydrogens (primary N) is 1. The molecule has 0 radical (unpaired) electrons. The minimum Gasteiger partial charge on any atom is -0.383 e. The van der Waals surface area contributed by atoms with Gasteiger partial charge in [-0.15, -0.1) is 11.3 Å². The van der Waals surface area contributed by atoms with Gasteiger partial charge < -0.3 is 5.73 Å². The number of aryl methyl sites for hydroxylation is 3. The fourth-order valence-electron chi connectivity index (χ4n) is 2.28. The molecule has 1 aromatic carbocycles. The largest absolute Gasteiger partial charge is 0.383 e. The van der Waals surface area contributed by atoms with E-state index in [1.165, 1.54) is 17.0 Å². The first-order valence-electron chi connectivity index (χ1n) is 6.27. The van der Waals surface area contributed by atoms with Gasteiger partial charge in [-0.2, -0.15) is 0 Å². The molecule has 0 bridgehead atoms. The van der Waals surface area contributed by atoms with E-state index in [1.807, 2.05) is 20.8 Å². The lowest BCUT2D eigenvalue weighted by atomic mass is 10.1. The lowest BCUT2D eigenvalue weighted by Gasteiger charge is -2.06. The van der Waals surface area contributed by atoms with Crippen LogP contribution in [0, 0.1) is 26.6 Å². The molecule has 0 saturated heterocycles. The van der Waals surface area contributed by atoms with Crippen molar-refractivity contribution in [3.05, 3.63) is 40.0 Å². The topological polar surface area (TPSA) is 51.8 Å². The summed E-state index contributed by atoms with van der Waals surface area (Å²) < 4.78 is 13.2. The predicted octanol–water partition coefficient (Wildman–Crippen LogP) is 4.00. The van der Waals surface area contributed by atoms with Crippen molar-refractivity contribution in [3.63, 3.8) is 0 Å². The second kappa shape index (κ2) is 4.52. The summed E-state index contributed by atoms with van der Waals surface area (Å²) in [5, 5.41) is 0.927. The van der Waals surface area contributed by atoms with Gasteiger partial charge in [-0.25, -0.2) is 14.4 Å². The van der Waals surface area contributed by atoms with Crippen molar-refractivity contribution in [2.75, 3.05) is 5.73 Å². The molecule has 2 heterocycles. The molecule has 2 N–H and O–H groups in total. The van der Waals surface area contributed by atoms with Crippen molar-refractivity contribution in [2.24, 2.45) is 0 Å². The summed E-state index contributed by atoms with van der Waals surface area (Å²) in [5.41, 5.74) is 8.81. The zero-order chi connectivity index (χ0) is 14.4. The number of aromatic nitrogens is 2. The van der Waals surface area contributed by atoms with Crippen LogP contribution in [0.25, 0.3) is 21.6 Å². The Bertz CT molecular complexity index is 824. The Morgan fingerprint density at radius 1 is 1.15 bits per heavy atom. The number of fused-ring (bicyclic) bond motifs is 1. The zero-order valence-corrected chi connectivity index (χ0v) is 12.3. The number of halogens is 1. The van der Waals surface area contributed by atoms with Gasteiger partial charge in [0.15, 0.2) is 5.82 Å². The number of nitrogen functional groups attached to an aromatic ring is 1. The van der Waals surface area contributed by atoms with Crippen LogP contribution in [0.3, 0.4) is 0 Å². The lowest BCUT2D eigenvalue weighted by Crippen LogP contribution is -1.98. The van der Waals surface area contributed by atoms with Gasteiger partial charge in [-0.1, -0.05) is 0 Å². The third kappa shape index (κ3) is 1.94. The van der Waals surface area contributed by atoms with E-state index in [1.54, 1.807) is 17.4 Å². The first-order valence-corrected chi connectivity index (χ1v) is 7.08. The quantitative estimate of drug-likeness (QED) is 0.736. The molecule has 0 atom stereocenters. The fourth-order valence-corrected chi connectivity index (χ4v) is 3.32. The summed E-state index contributed by atoms with van der Waals surface area (Å²) in [4.78, 5) is 11.0. The first kappa shape index (κ1) is 13.0. The number of anilines is 1. The summed E-state index contributed by atoms with van der Waals surface area (Å²) in [5.74, 6) is 0.771. The van der Waals surface area contributed by atoms with E-state index >= 15 is 0 Å². The molecule has 102 valence electrons. The minimum absolute atomic E-state index is 0.261. The van der Waals surface area contributed by atoms with E-state index in [0.717, 1.165) is 26.9 Å². The third-order valence-corrected chi connectivity index (χ3v) is 4.59. The van der Waals surface area contributed by atoms with Crippen LogP contribution in [0.15, 0.2) is 18.2 Å². The maximum Gasteiger partial charge on any atom is 0.163 e. The summed E-state index contributed by atoms with van der Waals surface area (Å²) in [6.45, 7) is 5.91. The highest BCUT2D eigenvalue weighted by Crippen LogP contribution is 2.34. The highest BCUT2D eigenvalue weighted by atomic mass is 32.1. The van der Waals surface area contributed by atoms with Crippen molar-refractivity contribution in [2.45, 2.75) is 20.8 Å². The SMILES string of the molecule is Cc1cc(F)ccc1-c1nc(N)c2c(C)c(C)sc2n1. The Kier molecular flexibility index (Phi) is 2.94. The second-order valence-electron chi connectivity index (χ2n) is 4.86. The number of benzene rings is 1. The highest BCUT2D eigenvalue weighted by Gasteiger charge is 2.14. The molecule has 0 aliphatic carbocycles. The molecule has 0 fully saturated rings. The van der Waals surface area contributed by atoms with Crippen LogP contribution < -0.4 is 5.73 Å². The van der Waals surface area contributed by atoms with E-state index in [4.69, 9.17) is 5.73 Å². The average molecular weight is 287 g/mol. The van der Waals surface area contributed by atoms with Gasteiger partial charge in [-0.3, -0.25) is 0 Å². The molecule has 3 aromatic rings. The van der Waals surface area contributed by atoms with E-state index in [2.05, 4.69) is 9.97 Å². The maximum atomic E-state index is 13.2. The van der Waals surface area contributed by atoms with Crippen molar-refractivity contribution in [1.82, 2.24) is 9.97 Å². The Morgan fingerprint density at radius 3 is 2.60 bits per heavy atom. The minimum atomic E-state index is -0.261. The van der Waals surface area contributed by atoms with Gasteiger partial charge in [0.05, 0.1) is 5.39 Å². The van der Waals surface area contributed by atoms with Crippen LogP contribution in [0.2, 0.25) is 0 Å². The second-order valence-corrected chi connectivity index (χ2v) is 6.06. The molecular weight excluding hydrogens is 273 g/mol. The molecule has 2 aromatic heterocycles. The van der Waals surface area contributed by atoms with Gasteiger partial charge in [0, 0.05) is 10.4 Å². The normalized spacial score (nSPS) is 11.2. The van der Waals surface area contributed by atoms with Crippen LogP contribution in [-0.4, -0.2) is 9.97 Å². The van der Waals surface area contributed by atoms with Crippen molar-refractivity contribution in [1.29, 1.82) is 0 Å². The molecule has 3 nitrogen and oxygen atoms in total. The van der Waals surface area contributed by atoms with Gasteiger partial charge in [0.2, 0.25) is 0 Å². The van der Waals surface area contributed by atoms with Crippen LogP contribution in [0.5, 0.6) is 0 Å². The molecule has 20 heavy (non-hydrogen) atoms. The van der Waals surface area contributed by atoms with Gasteiger partial charge in [0.1, 0.15) is 16.5 Å². The van der Waals surface area contributed by atoms with Crippen LogP contribution >= 0.6 is 11.3 Å². The first-order chi connectivity index (χ1) is 9.47. The van der Waals surface area contributed by atoms with Crippen LogP contribution in [-0.2, 0) is 0 Å². The summed E-state index contributed by atoms with van der Waals surface area (Å²) in [6, 6.07) is 4.58. The van der Waals surface area contributed by atoms with E-state index in [9.17, 15) is 4.39 Å². The smallest absolute Gasteiger partial charge is 0.163 e. The molecule has 0 amide bonds. The van der Waals surface area contributed by atoms with Crippen molar-refractivity contribution in [3.8, 4) is 11.4 Å². The lowest BCUT2D eigenvalue weighted by molar-refractivity contribution is 0.627. The van der Waals surface area contributed by atoms with E-state index in [0.29, 0.717) is 11.6 Å². The Hall–Kier alpha value is -2.01. The Labute approximate surface area is 120 Å². The van der Waals surface area contributed by atoms with Gasteiger partial charge in [-0.05, 0) is 50.1 Å². The highest BCUT2D eigenvalue weighted by molar-refractivity contribution is 7.18. The van der Waals surface area contributed by atoms with Gasteiger partial charge >= 0.3 is 0 Å². The van der Waals surface area contributed by atoms with Crippen LogP contribution in [0.4, 0.5) is 10.2 Å².